The van der Waals surface area contributed by atoms with E-state index in [0.717, 1.165) is 28.8 Å². The molecule has 3 heteroatoms. The van der Waals surface area contributed by atoms with Gasteiger partial charge in [-0.15, -0.1) is 0 Å². The van der Waals surface area contributed by atoms with Crippen LogP contribution in [0.1, 0.15) is 45.7 Å². The number of ether oxygens (including phenoxy) is 1. The van der Waals surface area contributed by atoms with Crippen LogP contribution in [0.4, 0.5) is 0 Å². The van der Waals surface area contributed by atoms with Crippen LogP contribution in [0.5, 0.6) is 5.75 Å². The van der Waals surface area contributed by atoms with Crippen molar-refractivity contribution in [1.29, 1.82) is 0 Å². The van der Waals surface area contributed by atoms with Crippen LogP contribution in [0.15, 0.2) is 22.7 Å². The van der Waals surface area contributed by atoms with Crippen molar-refractivity contribution in [1.82, 2.24) is 0 Å². The van der Waals surface area contributed by atoms with Crippen LogP contribution in [0, 0.1) is 5.41 Å². The topological polar surface area (TPSA) is 35.2 Å². The molecule has 0 radical (unpaired) electrons. The van der Waals surface area contributed by atoms with Crippen molar-refractivity contribution >= 4 is 15.9 Å². The quantitative estimate of drug-likeness (QED) is 0.900. The monoisotopic (exact) mass is 299 g/mol. The third-order valence-corrected chi connectivity index (χ3v) is 3.21. The molecule has 1 atom stereocenters. The van der Waals surface area contributed by atoms with Crippen LogP contribution in [0.25, 0.3) is 0 Å². The van der Waals surface area contributed by atoms with Crippen molar-refractivity contribution in [3.8, 4) is 5.75 Å². The third kappa shape index (κ3) is 5.09. The Kier molecular flexibility index (Phi) is 5.02. The SMILES string of the molecule is C[C@H](N)c1ccc(OCCC(C)(C)C)c(Br)c1. The Bertz CT molecular complexity index is 369. The first-order valence-corrected chi connectivity index (χ1v) is 6.77. The largest absolute Gasteiger partial charge is 0.492 e. The first-order valence-electron chi connectivity index (χ1n) is 5.97. The standard InChI is InChI=1S/C14H22BrNO/c1-10(16)11-5-6-13(12(15)9-11)17-8-7-14(2,3)4/h5-6,9-10H,7-8,16H2,1-4H3/t10-/m0/s1. The number of hydrogen-bond donors (Lipinski definition) is 1. The van der Waals surface area contributed by atoms with E-state index in [1.54, 1.807) is 0 Å². The predicted molar refractivity (Wildman–Crippen MR) is 76.3 cm³/mol. The van der Waals surface area contributed by atoms with Crippen LogP contribution in [-0.4, -0.2) is 6.61 Å². The molecule has 0 unspecified atom stereocenters. The van der Waals surface area contributed by atoms with Gasteiger partial charge in [0.1, 0.15) is 5.75 Å². The fraction of sp³-hybridized carbons (Fsp3) is 0.571. The fourth-order valence-corrected chi connectivity index (χ4v) is 1.90. The van der Waals surface area contributed by atoms with Gasteiger partial charge in [-0.3, -0.25) is 0 Å². The number of rotatable bonds is 4. The highest BCUT2D eigenvalue weighted by molar-refractivity contribution is 9.10. The Morgan fingerprint density at radius 1 is 1.35 bits per heavy atom. The summed E-state index contributed by atoms with van der Waals surface area (Å²) in [6.07, 6.45) is 1.04. The zero-order valence-corrected chi connectivity index (χ0v) is 12.7. The second kappa shape index (κ2) is 5.87. The summed E-state index contributed by atoms with van der Waals surface area (Å²) in [5.74, 6) is 0.888. The molecule has 96 valence electrons. The molecule has 17 heavy (non-hydrogen) atoms. The van der Waals surface area contributed by atoms with E-state index in [4.69, 9.17) is 10.5 Å². The number of hydrogen-bond acceptors (Lipinski definition) is 2. The second-order valence-corrected chi connectivity index (χ2v) is 6.49. The molecule has 0 spiro atoms. The Labute approximate surface area is 113 Å². The fourth-order valence-electron chi connectivity index (χ4n) is 1.38. The molecular weight excluding hydrogens is 278 g/mol. The Morgan fingerprint density at radius 3 is 2.47 bits per heavy atom. The average molecular weight is 300 g/mol. The Morgan fingerprint density at radius 2 is 2.00 bits per heavy atom. The summed E-state index contributed by atoms with van der Waals surface area (Å²) in [4.78, 5) is 0. The van der Waals surface area contributed by atoms with E-state index in [1.165, 1.54) is 0 Å². The van der Waals surface area contributed by atoms with Crippen LogP contribution >= 0.6 is 15.9 Å². The van der Waals surface area contributed by atoms with Gasteiger partial charge in [0.2, 0.25) is 0 Å². The zero-order valence-electron chi connectivity index (χ0n) is 11.1. The minimum atomic E-state index is 0.0509. The summed E-state index contributed by atoms with van der Waals surface area (Å²) in [6.45, 7) is 9.35. The van der Waals surface area contributed by atoms with Crippen LogP contribution in [0.3, 0.4) is 0 Å². The predicted octanol–water partition coefficient (Wildman–Crippen LogP) is 4.28. The maximum atomic E-state index is 5.83. The molecule has 0 heterocycles. The summed E-state index contributed by atoms with van der Waals surface area (Å²) in [5.41, 5.74) is 7.24. The lowest BCUT2D eigenvalue weighted by Crippen LogP contribution is -2.11. The van der Waals surface area contributed by atoms with Gasteiger partial charge in [-0.2, -0.15) is 0 Å². The third-order valence-electron chi connectivity index (χ3n) is 2.59. The maximum absolute atomic E-state index is 5.83. The molecule has 0 saturated heterocycles. The lowest BCUT2D eigenvalue weighted by atomic mass is 9.93. The van der Waals surface area contributed by atoms with Gasteiger partial charge >= 0.3 is 0 Å². The summed E-state index contributed by atoms with van der Waals surface area (Å²) in [5, 5.41) is 0. The highest BCUT2D eigenvalue weighted by atomic mass is 79.9. The second-order valence-electron chi connectivity index (χ2n) is 5.64. The Balaban J connectivity index is 2.61. The van der Waals surface area contributed by atoms with E-state index in [9.17, 15) is 0 Å². The van der Waals surface area contributed by atoms with Gasteiger partial charge in [-0.05, 0) is 52.4 Å². The van der Waals surface area contributed by atoms with Crippen LogP contribution in [0.2, 0.25) is 0 Å². The van der Waals surface area contributed by atoms with Crippen molar-refractivity contribution < 1.29 is 4.74 Å². The molecular formula is C14H22BrNO. The highest BCUT2D eigenvalue weighted by Crippen LogP contribution is 2.28. The molecule has 0 aliphatic heterocycles. The lowest BCUT2D eigenvalue weighted by Gasteiger charge is -2.18. The zero-order chi connectivity index (χ0) is 13.1. The van der Waals surface area contributed by atoms with Crippen molar-refractivity contribution in [2.75, 3.05) is 6.61 Å². The molecule has 1 aromatic carbocycles. The Hall–Kier alpha value is -0.540. The van der Waals surface area contributed by atoms with Gasteiger partial charge in [0.25, 0.3) is 0 Å². The molecule has 0 aliphatic rings. The highest BCUT2D eigenvalue weighted by Gasteiger charge is 2.11. The van der Waals surface area contributed by atoms with Gasteiger partial charge in [-0.25, -0.2) is 0 Å². The first-order chi connectivity index (χ1) is 7.79. The van der Waals surface area contributed by atoms with E-state index < -0.39 is 0 Å². The lowest BCUT2D eigenvalue weighted by molar-refractivity contribution is 0.242. The summed E-state index contributed by atoms with van der Waals surface area (Å²) < 4.78 is 6.73. The van der Waals surface area contributed by atoms with E-state index in [0.29, 0.717) is 5.41 Å². The molecule has 1 rings (SSSR count). The summed E-state index contributed by atoms with van der Waals surface area (Å²) in [6, 6.07) is 6.07. The van der Waals surface area contributed by atoms with E-state index in [-0.39, 0.29) is 6.04 Å². The van der Waals surface area contributed by atoms with Crippen LogP contribution in [-0.2, 0) is 0 Å². The molecule has 1 aromatic rings. The molecule has 0 saturated carbocycles. The molecule has 2 nitrogen and oxygen atoms in total. The van der Waals surface area contributed by atoms with Crippen molar-refractivity contribution in [3.05, 3.63) is 28.2 Å². The smallest absolute Gasteiger partial charge is 0.133 e. The van der Waals surface area contributed by atoms with Gasteiger partial charge in [0, 0.05) is 6.04 Å². The first kappa shape index (κ1) is 14.5. The molecule has 0 bridgehead atoms. The van der Waals surface area contributed by atoms with Crippen molar-refractivity contribution in [2.24, 2.45) is 11.1 Å². The molecule has 0 amide bonds. The maximum Gasteiger partial charge on any atom is 0.133 e. The molecule has 2 N–H and O–H groups in total. The van der Waals surface area contributed by atoms with E-state index in [2.05, 4.69) is 36.7 Å². The van der Waals surface area contributed by atoms with Crippen molar-refractivity contribution in [3.63, 3.8) is 0 Å². The minimum absolute atomic E-state index is 0.0509. The molecule has 0 aliphatic carbocycles. The number of nitrogens with two attached hydrogens (primary N) is 1. The summed E-state index contributed by atoms with van der Waals surface area (Å²) >= 11 is 3.52. The van der Waals surface area contributed by atoms with Gasteiger partial charge in [0.15, 0.2) is 0 Å². The van der Waals surface area contributed by atoms with Crippen molar-refractivity contribution in [2.45, 2.75) is 40.2 Å². The van der Waals surface area contributed by atoms with Gasteiger partial charge in [0.05, 0.1) is 11.1 Å². The average Bonchev–Trinajstić information content (AvgIpc) is 2.18. The number of halogens is 1. The van der Waals surface area contributed by atoms with Gasteiger partial charge < -0.3 is 10.5 Å². The van der Waals surface area contributed by atoms with E-state index in [1.807, 2.05) is 25.1 Å². The molecule has 0 aromatic heterocycles. The molecule has 0 fully saturated rings. The number of benzene rings is 1. The summed E-state index contributed by atoms with van der Waals surface area (Å²) in [7, 11) is 0. The normalized spacial score (nSPS) is 13.5. The van der Waals surface area contributed by atoms with Crippen LogP contribution < -0.4 is 10.5 Å². The minimum Gasteiger partial charge on any atom is -0.492 e. The van der Waals surface area contributed by atoms with E-state index >= 15 is 0 Å². The van der Waals surface area contributed by atoms with Gasteiger partial charge in [-0.1, -0.05) is 26.8 Å².